The van der Waals surface area contributed by atoms with Crippen LogP contribution in [0.3, 0.4) is 0 Å². The maximum Gasteiger partial charge on any atom is 0.295 e. The van der Waals surface area contributed by atoms with Crippen molar-refractivity contribution < 1.29 is 4.79 Å². The zero-order chi connectivity index (χ0) is 24.2. The summed E-state index contributed by atoms with van der Waals surface area (Å²) >= 11 is 0. The third-order valence-electron chi connectivity index (χ3n) is 6.43. The number of pyridine rings is 2. The van der Waals surface area contributed by atoms with E-state index in [2.05, 4.69) is 15.3 Å². The van der Waals surface area contributed by atoms with E-state index in [4.69, 9.17) is 4.98 Å². The van der Waals surface area contributed by atoms with Crippen LogP contribution in [0, 0.1) is 12.8 Å². The van der Waals surface area contributed by atoms with Crippen LogP contribution in [-0.4, -0.2) is 38.5 Å². The van der Waals surface area contributed by atoms with Crippen LogP contribution in [0.25, 0.3) is 11.2 Å². The van der Waals surface area contributed by atoms with Gasteiger partial charge in [0.2, 0.25) is 5.91 Å². The number of piperidine rings is 1. The lowest BCUT2D eigenvalue weighted by atomic mass is 9.97. The van der Waals surface area contributed by atoms with E-state index in [-0.39, 0.29) is 17.4 Å². The number of hydrogen-bond acceptors (Lipinski definition) is 6. The Morgan fingerprint density at radius 2 is 1.91 bits per heavy atom. The lowest BCUT2D eigenvalue weighted by Crippen LogP contribution is -2.45. The summed E-state index contributed by atoms with van der Waals surface area (Å²) in [6, 6.07) is 15.6. The molecule has 0 aliphatic carbocycles. The van der Waals surface area contributed by atoms with Gasteiger partial charge in [-0.25, -0.2) is 9.97 Å². The second-order valence-electron chi connectivity index (χ2n) is 9.02. The number of carbonyl (C=O) groups excluding carboxylic acids is 1. The zero-order valence-electron chi connectivity index (χ0n) is 19.7. The molecule has 35 heavy (non-hydrogen) atoms. The number of hydrogen-bond donors (Lipinski definition) is 1. The van der Waals surface area contributed by atoms with Crippen molar-refractivity contribution in [3.63, 3.8) is 0 Å². The molecule has 0 spiro atoms. The normalized spacial score (nSPS) is 15.8. The minimum atomic E-state index is -0.211. The molecule has 0 bridgehead atoms. The summed E-state index contributed by atoms with van der Waals surface area (Å²) in [6.07, 6.45) is 6.73. The van der Waals surface area contributed by atoms with Gasteiger partial charge in [-0.2, -0.15) is 0 Å². The molecule has 1 N–H and O–H groups in total. The van der Waals surface area contributed by atoms with E-state index in [0.717, 1.165) is 24.0 Å². The predicted molar refractivity (Wildman–Crippen MR) is 135 cm³/mol. The Morgan fingerprint density at radius 3 is 2.71 bits per heavy atom. The Hall–Kier alpha value is -4.07. The first-order valence-electron chi connectivity index (χ1n) is 11.9. The Kier molecular flexibility index (Phi) is 6.52. The predicted octanol–water partition coefficient (Wildman–Crippen LogP) is 3.08. The van der Waals surface area contributed by atoms with Crippen molar-refractivity contribution in [2.24, 2.45) is 5.92 Å². The van der Waals surface area contributed by atoms with Gasteiger partial charge in [0, 0.05) is 38.2 Å². The fourth-order valence-corrected chi connectivity index (χ4v) is 4.51. The van der Waals surface area contributed by atoms with E-state index in [1.54, 1.807) is 23.2 Å². The lowest BCUT2D eigenvalue weighted by molar-refractivity contribution is -0.125. The van der Waals surface area contributed by atoms with Crippen LogP contribution in [0.5, 0.6) is 0 Å². The molecule has 0 radical (unpaired) electrons. The summed E-state index contributed by atoms with van der Waals surface area (Å²) in [7, 11) is 0. The molecule has 1 aromatic carbocycles. The van der Waals surface area contributed by atoms with E-state index in [1.165, 1.54) is 5.56 Å². The van der Waals surface area contributed by atoms with E-state index in [0.29, 0.717) is 43.2 Å². The summed E-state index contributed by atoms with van der Waals surface area (Å²) in [5, 5.41) is 3.01. The number of nitrogens with one attached hydrogen (secondary N) is 1. The molecule has 1 fully saturated rings. The van der Waals surface area contributed by atoms with Crippen LogP contribution in [0.15, 0.2) is 71.9 Å². The van der Waals surface area contributed by atoms with Gasteiger partial charge in [0.25, 0.3) is 5.56 Å². The molecule has 1 saturated heterocycles. The average Bonchev–Trinajstić information content (AvgIpc) is 2.90. The van der Waals surface area contributed by atoms with E-state index < -0.39 is 0 Å². The smallest absolute Gasteiger partial charge is 0.295 e. The SMILES string of the molecule is Cc1ccc(Cn2c(=O)c(N3CCC[C@@H](C(=O)NCc4cccnc4)C3)nc3cccnc32)cc1. The molecular weight excluding hydrogens is 440 g/mol. The second kappa shape index (κ2) is 10.0. The first-order valence-corrected chi connectivity index (χ1v) is 11.9. The summed E-state index contributed by atoms with van der Waals surface area (Å²) in [6.45, 7) is 4.02. The van der Waals surface area contributed by atoms with Crippen molar-refractivity contribution in [1.82, 2.24) is 24.8 Å². The van der Waals surface area contributed by atoms with Gasteiger partial charge in [-0.05, 0) is 49.1 Å². The molecule has 4 aromatic rings. The number of benzene rings is 1. The summed E-state index contributed by atoms with van der Waals surface area (Å²) in [5.41, 5.74) is 4.18. The molecule has 1 aliphatic rings. The highest BCUT2D eigenvalue weighted by molar-refractivity contribution is 5.79. The molecule has 8 heteroatoms. The molecule has 0 saturated carbocycles. The fourth-order valence-electron chi connectivity index (χ4n) is 4.51. The van der Waals surface area contributed by atoms with Crippen molar-refractivity contribution in [1.29, 1.82) is 0 Å². The average molecular weight is 469 g/mol. The monoisotopic (exact) mass is 468 g/mol. The van der Waals surface area contributed by atoms with Gasteiger partial charge >= 0.3 is 0 Å². The molecule has 1 atom stereocenters. The minimum Gasteiger partial charge on any atom is -0.352 e. The Morgan fingerprint density at radius 1 is 1.09 bits per heavy atom. The number of nitrogens with zero attached hydrogens (tertiary/aromatic N) is 5. The van der Waals surface area contributed by atoms with E-state index >= 15 is 0 Å². The van der Waals surface area contributed by atoms with Gasteiger partial charge in [0.05, 0.1) is 12.5 Å². The highest BCUT2D eigenvalue weighted by Crippen LogP contribution is 2.22. The first kappa shape index (κ1) is 22.7. The van der Waals surface area contributed by atoms with Gasteiger partial charge in [-0.15, -0.1) is 0 Å². The van der Waals surface area contributed by atoms with Crippen LogP contribution in [-0.2, 0) is 17.9 Å². The molecule has 4 heterocycles. The van der Waals surface area contributed by atoms with Crippen molar-refractivity contribution in [2.45, 2.75) is 32.9 Å². The van der Waals surface area contributed by atoms with E-state index in [9.17, 15) is 9.59 Å². The van der Waals surface area contributed by atoms with Crippen LogP contribution in [0.1, 0.15) is 29.5 Å². The highest BCUT2D eigenvalue weighted by Gasteiger charge is 2.28. The maximum atomic E-state index is 13.7. The van der Waals surface area contributed by atoms with Gasteiger partial charge in [-0.1, -0.05) is 35.9 Å². The summed E-state index contributed by atoms with van der Waals surface area (Å²) in [5.74, 6) is 0.153. The third kappa shape index (κ3) is 5.06. The number of aryl methyl sites for hydroxylation is 1. The number of aromatic nitrogens is 4. The van der Waals surface area contributed by atoms with Crippen molar-refractivity contribution in [3.05, 3.63) is 94.2 Å². The zero-order valence-corrected chi connectivity index (χ0v) is 19.7. The third-order valence-corrected chi connectivity index (χ3v) is 6.43. The molecule has 1 amide bonds. The van der Waals surface area contributed by atoms with Crippen molar-refractivity contribution in [3.8, 4) is 0 Å². The Labute approximate surface area is 203 Å². The number of rotatable bonds is 6. The number of anilines is 1. The van der Waals surface area contributed by atoms with Crippen LogP contribution in [0.2, 0.25) is 0 Å². The van der Waals surface area contributed by atoms with Crippen LogP contribution < -0.4 is 15.8 Å². The lowest BCUT2D eigenvalue weighted by Gasteiger charge is -2.32. The number of carbonyl (C=O) groups is 1. The standard InChI is InChI=1S/C27H28N6O2/c1-19-8-10-20(11-9-19)17-33-24-23(7-3-13-29-24)31-25(27(33)35)32-14-4-6-22(18-32)26(34)30-16-21-5-2-12-28-15-21/h2-3,5,7-13,15,22H,4,6,14,16-18H2,1H3,(H,30,34)/t22-/m1/s1. The van der Waals surface area contributed by atoms with Crippen molar-refractivity contribution >= 4 is 22.9 Å². The second-order valence-corrected chi connectivity index (χ2v) is 9.02. The summed E-state index contributed by atoms with van der Waals surface area (Å²) in [4.78, 5) is 41.8. The molecule has 0 unspecified atom stereocenters. The number of fused-ring (bicyclic) bond motifs is 1. The molecule has 3 aromatic heterocycles. The largest absolute Gasteiger partial charge is 0.352 e. The number of amides is 1. The minimum absolute atomic E-state index is 0.0130. The summed E-state index contributed by atoms with van der Waals surface area (Å²) < 4.78 is 1.69. The Balaban J connectivity index is 1.40. The Bertz CT molecular complexity index is 1380. The first-order chi connectivity index (χ1) is 17.1. The molecular formula is C27H28N6O2. The van der Waals surface area contributed by atoms with Crippen molar-refractivity contribution in [2.75, 3.05) is 18.0 Å². The van der Waals surface area contributed by atoms with Gasteiger partial charge in [0.1, 0.15) is 5.52 Å². The molecule has 5 rings (SSSR count). The van der Waals surface area contributed by atoms with Gasteiger partial charge in [0.15, 0.2) is 11.5 Å². The van der Waals surface area contributed by atoms with E-state index in [1.807, 2.05) is 60.4 Å². The topological polar surface area (TPSA) is 93.0 Å². The molecule has 8 nitrogen and oxygen atoms in total. The fraction of sp³-hybridized carbons (Fsp3) is 0.296. The van der Waals surface area contributed by atoms with Gasteiger partial charge < -0.3 is 10.2 Å². The molecule has 1 aliphatic heterocycles. The van der Waals surface area contributed by atoms with Crippen LogP contribution >= 0.6 is 0 Å². The van der Waals surface area contributed by atoms with Gasteiger partial charge in [-0.3, -0.25) is 19.1 Å². The quantitative estimate of drug-likeness (QED) is 0.468. The maximum absolute atomic E-state index is 13.7. The molecule has 178 valence electrons. The van der Waals surface area contributed by atoms with Crippen LogP contribution in [0.4, 0.5) is 5.82 Å². The highest BCUT2D eigenvalue weighted by atomic mass is 16.2.